The molecule has 0 saturated heterocycles. The third-order valence-electron chi connectivity index (χ3n) is 24.0. The molecule has 6 aromatic heterocycles. The molecule has 558 valence electrons. The minimum atomic E-state index is 0.625. The fourth-order valence-electron chi connectivity index (χ4n) is 18.6. The van der Waals surface area contributed by atoms with Gasteiger partial charge in [-0.2, -0.15) is 0 Å². The molecule has 0 amide bonds. The van der Waals surface area contributed by atoms with Gasteiger partial charge in [0.25, 0.3) is 0 Å². The van der Waals surface area contributed by atoms with Crippen molar-refractivity contribution in [3.8, 4) is 91.1 Å². The summed E-state index contributed by atoms with van der Waals surface area (Å²) in [5, 5.41) is 21.1. The van der Waals surface area contributed by atoms with Crippen LogP contribution >= 0.6 is 0 Å². The maximum absolute atomic E-state index is 5.35. The van der Waals surface area contributed by atoms with E-state index in [9.17, 15) is 0 Å². The fourth-order valence-corrected chi connectivity index (χ4v) is 18.6. The summed E-state index contributed by atoms with van der Waals surface area (Å²) in [4.78, 5) is 31.5. The lowest BCUT2D eigenvalue weighted by molar-refractivity contribution is 1.08. The van der Waals surface area contributed by atoms with Gasteiger partial charge in [-0.15, -0.1) is 0 Å². The van der Waals surface area contributed by atoms with Crippen LogP contribution in [0.2, 0.25) is 0 Å². The van der Waals surface area contributed by atoms with E-state index in [4.69, 9.17) is 29.9 Å². The molecule has 0 aliphatic carbocycles. The number of rotatable bonds is 10. The number of hydrogen-bond donors (Lipinski definition) is 0. The highest BCUT2D eigenvalue weighted by Gasteiger charge is 2.26. The molecule has 120 heavy (non-hydrogen) atoms. The first kappa shape index (κ1) is 68.1. The first-order valence-corrected chi connectivity index (χ1v) is 40.6. The van der Waals surface area contributed by atoms with Crippen LogP contribution in [0.1, 0.15) is 0 Å². The van der Waals surface area contributed by atoms with E-state index in [0.717, 1.165) is 116 Å². The number of nitrogens with zero attached hydrogens (tertiary/aromatic N) is 10. The number of hydrogen-bond acceptors (Lipinski definition) is 6. The molecule has 0 aliphatic rings. The van der Waals surface area contributed by atoms with Crippen molar-refractivity contribution in [2.45, 2.75) is 0 Å². The van der Waals surface area contributed by atoms with E-state index in [2.05, 4.69) is 413 Å². The zero-order chi connectivity index (χ0) is 78.9. The largest absolute Gasteiger partial charge is 0.309 e. The molecule has 0 N–H and O–H groups in total. The maximum Gasteiger partial charge on any atom is 0.164 e. The Bertz CT molecular complexity index is 8290. The summed E-state index contributed by atoms with van der Waals surface area (Å²) < 4.78 is 9.59. The van der Waals surface area contributed by atoms with Crippen LogP contribution in [0.4, 0.5) is 0 Å². The first-order valence-electron chi connectivity index (χ1n) is 40.6. The van der Waals surface area contributed by atoms with Crippen LogP contribution < -0.4 is 0 Å². The lowest BCUT2D eigenvalue weighted by atomic mass is 9.98. The smallest absolute Gasteiger partial charge is 0.164 e. The minimum Gasteiger partial charge on any atom is -0.309 e. The van der Waals surface area contributed by atoms with Crippen LogP contribution in [0.25, 0.3) is 232 Å². The van der Waals surface area contributed by atoms with Crippen LogP contribution in [0.3, 0.4) is 0 Å². The van der Waals surface area contributed by atoms with Gasteiger partial charge in [0.1, 0.15) is 0 Å². The van der Waals surface area contributed by atoms with Gasteiger partial charge in [0.15, 0.2) is 34.9 Å². The Balaban J connectivity index is 0.000000137. The number of aromatic nitrogens is 10. The van der Waals surface area contributed by atoms with Crippen LogP contribution in [0.15, 0.2) is 413 Å². The Kier molecular flexibility index (Phi) is 15.7. The summed E-state index contributed by atoms with van der Waals surface area (Å²) in [5.74, 6) is 3.79. The van der Waals surface area contributed by atoms with E-state index < -0.39 is 0 Å². The summed E-state index contributed by atoms with van der Waals surface area (Å²) in [5.41, 5.74) is 19.3. The molecule has 0 aliphatic heterocycles. The Morgan fingerprint density at radius 2 is 0.408 bits per heavy atom. The molecular formula is C110H68N10. The summed E-state index contributed by atoms with van der Waals surface area (Å²) in [7, 11) is 0. The fraction of sp³-hybridized carbons (Fsp3) is 0. The van der Waals surface area contributed by atoms with Crippen molar-refractivity contribution in [3.05, 3.63) is 413 Å². The molecule has 25 rings (SSSR count). The molecule has 10 heteroatoms. The second-order valence-electron chi connectivity index (χ2n) is 30.9. The van der Waals surface area contributed by atoms with E-state index in [-0.39, 0.29) is 0 Å². The molecule has 0 bridgehead atoms. The Hall–Kier alpha value is -16.3. The summed E-state index contributed by atoms with van der Waals surface area (Å²) in [6.07, 6.45) is 0. The van der Waals surface area contributed by atoms with Crippen LogP contribution in [0.5, 0.6) is 0 Å². The molecular weight excluding hydrogens is 1460 g/mol. The minimum absolute atomic E-state index is 0.625. The van der Waals surface area contributed by atoms with Gasteiger partial charge in [-0.3, -0.25) is 0 Å². The topological polar surface area (TPSA) is 97.1 Å². The summed E-state index contributed by atoms with van der Waals surface area (Å²) >= 11 is 0. The van der Waals surface area contributed by atoms with Crippen molar-refractivity contribution in [2.24, 2.45) is 0 Å². The second kappa shape index (κ2) is 27.7. The van der Waals surface area contributed by atoms with Crippen molar-refractivity contribution in [2.75, 3.05) is 0 Å². The third kappa shape index (κ3) is 11.2. The highest BCUT2D eigenvalue weighted by atomic mass is 15.1. The molecule has 0 spiro atoms. The van der Waals surface area contributed by atoms with Gasteiger partial charge < -0.3 is 18.3 Å². The first-order chi connectivity index (χ1) is 59.5. The molecule has 6 heterocycles. The zero-order valence-electron chi connectivity index (χ0n) is 64.7. The molecule has 0 radical (unpaired) electrons. The quantitative estimate of drug-likeness (QED) is 0.135. The lowest BCUT2D eigenvalue weighted by Gasteiger charge is -2.13. The van der Waals surface area contributed by atoms with Gasteiger partial charge >= 0.3 is 0 Å². The normalized spacial score (nSPS) is 11.8. The lowest BCUT2D eigenvalue weighted by Crippen LogP contribution is -2.01. The van der Waals surface area contributed by atoms with Crippen molar-refractivity contribution in [3.63, 3.8) is 0 Å². The molecule has 19 aromatic carbocycles. The van der Waals surface area contributed by atoms with Crippen LogP contribution in [-0.2, 0) is 0 Å². The average Bonchev–Trinajstić information content (AvgIpc) is 1.55. The molecule has 0 fully saturated rings. The monoisotopic (exact) mass is 1530 g/mol. The molecule has 0 unspecified atom stereocenters. The highest BCUT2D eigenvalue weighted by molar-refractivity contribution is 6.26. The average molecular weight is 1530 g/mol. The van der Waals surface area contributed by atoms with Crippen LogP contribution in [0, 0.1) is 0 Å². The molecule has 10 nitrogen and oxygen atoms in total. The maximum atomic E-state index is 5.35. The Morgan fingerprint density at radius 3 is 0.767 bits per heavy atom. The van der Waals surface area contributed by atoms with Gasteiger partial charge in [-0.1, -0.05) is 297 Å². The molecule has 0 atom stereocenters. The van der Waals surface area contributed by atoms with Gasteiger partial charge in [0.05, 0.1) is 44.1 Å². The van der Waals surface area contributed by atoms with Gasteiger partial charge in [-0.05, 0) is 169 Å². The van der Waals surface area contributed by atoms with Crippen molar-refractivity contribution < 1.29 is 0 Å². The zero-order valence-corrected chi connectivity index (χ0v) is 64.7. The van der Waals surface area contributed by atoms with Crippen molar-refractivity contribution >= 4 is 141 Å². The number of benzene rings is 19. The van der Waals surface area contributed by atoms with Gasteiger partial charge in [-0.25, -0.2) is 29.9 Å². The van der Waals surface area contributed by atoms with E-state index in [1.807, 2.05) is 18.2 Å². The SMILES string of the molecule is c1ccc(-c2nc(-c3ccc4ccccc4c3)nc(-c3cc4c(c5ccccc35)c3cc(-n5c6ccccc6c6ccccc65)ccc3n4-c3ccccc3)n2)cc1.c1ccc(-n2c3ccc(-n4c5ccccc5c5ccccc54)cc3c3c4ccccc4c(-c4nc(-c5ccc6ccccc6c5)nc(-c5ccc6ccccc6c5)n4)cc32)cc1. The number of para-hydroxylation sites is 6. The summed E-state index contributed by atoms with van der Waals surface area (Å²) in [6.45, 7) is 0. The summed E-state index contributed by atoms with van der Waals surface area (Å²) in [6, 6.07) is 147. The van der Waals surface area contributed by atoms with E-state index >= 15 is 0 Å². The van der Waals surface area contributed by atoms with E-state index in [0.29, 0.717) is 34.9 Å². The van der Waals surface area contributed by atoms with E-state index in [1.54, 1.807) is 0 Å². The number of fused-ring (bicyclic) bond motifs is 19. The van der Waals surface area contributed by atoms with Gasteiger partial charge in [0.2, 0.25) is 0 Å². The van der Waals surface area contributed by atoms with Crippen molar-refractivity contribution in [1.29, 1.82) is 0 Å². The Morgan fingerprint density at radius 1 is 0.142 bits per heavy atom. The predicted octanol–water partition coefficient (Wildman–Crippen LogP) is 27.9. The van der Waals surface area contributed by atoms with Gasteiger partial charge in [0, 0.05) is 99.2 Å². The second-order valence-corrected chi connectivity index (χ2v) is 30.9. The third-order valence-corrected chi connectivity index (χ3v) is 24.0. The predicted molar refractivity (Wildman–Crippen MR) is 497 cm³/mol. The van der Waals surface area contributed by atoms with Crippen LogP contribution in [-0.4, -0.2) is 48.2 Å². The standard InChI is InChI=1S/C57H35N5.C53H33N5/c1-2-18-42(19-3-1)61-52-31-30-43(62-50-24-12-10-21-45(50)46-22-11-13-25-51(46)62)34-49(52)54-47-23-9-8-20-44(47)48(35-53(54)61)57-59-55(40-28-26-36-14-4-6-16-38(36)32-40)58-56(60-57)41-29-27-37-15-5-7-17-39(37)33-41;1-3-16-35(17-4-1)51-54-52(37-28-27-34-15-7-8-18-36(34)31-37)56-53(55-51)44-33-49-50(43-24-10-9-21-40(43)44)45-32-39(29-30-48(45)57(49)38-19-5-2-6-20-38)58-46-25-13-11-22-41(46)42-23-12-14-26-47(42)58/h1-35H;1-33H. The molecule has 0 saturated carbocycles. The van der Waals surface area contributed by atoms with Crippen molar-refractivity contribution in [1.82, 2.24) is 48.2 Å². The van der Waals surface area contributed by atoms with E-state index in [1.165, 1.54) is 81.3 Å². The highest BCUT2D eigenvalue weighted by Crippen LogP contribution is 2.47. The molecule has 25 aromatic rings. The Labute approximate surface area is 688 Å².